The van der Waals surface area contributed by atoms with Gasteiger partial charge in [-0.1, -0.05) is 0 Å². The Morgan fingerprint density at radius 2 is 1.86 bits per heavy atom. The number of nitrogens with zero attached hydrogens (tertiary/aromatic N) is 3. The molecule has 0 saturated carbocycles. The number of sulfone groups is 1. The Hall–Kier alpha value is -2.35. The molecule has 1 aromatic carbocycles. The highest BCUT2D eigenvalue weighted by Crippen LogP contribution is 2.24. The Morgan fingerprint density at radius 1 is 1.18 bits per heavy atom. The Kier molecular flexibility index (Phi) is 3.61. The first-order valence-corrected chi connectivity index (χ1v) is 8.08. The van der Waals surface area contributed by atoms with Crippen molar-refractivity contribution in [3.8, 4) is 0 Å². The van der Waals surface area contributed by atoms with Crippen LogP contribution in [0, 0.1) is 5.82 Å². The van der Waals surface area contributed by atoms with E-state index in [0.29, 0.717) is 0 Å². The number of hydrogen-bond donors (Lipinski definition) is 0. The Morgan fingerprint density at radius 3 is 2.45 bits per heavy atom. The minimum atomic E-state index is -3.56. The normalized spacial score (nSPS) is 15.4. The summed E-state index contributed by atoms with van der Waals surface area (Å²) in [5.41, 5.74) is 0.181. The van der Waals surface area contributed by atoms with Crippen LogP contribution in [0.1, 0.15) is 10.5 Å². The molecule has 0 aliphatic carbocycles. The molecule has 0 atom stereocenters. The quantitative estimate of drug-likeness (QED) is 0.785. The fraction of sp³-hybridized carbons (Fsp3) is 0.214. The zero-order chi connectivity index (χ0) is 15.7. The summed E-state index contributed by atoms with van der Waals surface area (Å²) in [6.45, 7) is 0.185. The third-order valence-corrected chi connectivity index (χ3v) is 5.60. The van der Waals surface area contributed by atoms with E-state index in [1.807, 2.05) is 0 Å². The van der Waals surface area contributed by atoms with Gasteiger partial charge in [0.1, 0.15) is 16.8 Å². The predicted molar refractivity (Wildman–Crippen MR) is 75.3 cm³/mol. The third-order valence-electron chi connectivity index (χ3n) is 3.50. The van der Waals surface area contributed by atoms with E-state index in [0.717, 1.165) is 12.1 Å². The number of halogens is 1. The van der Waals surface area contributed by atoms with Crippen molar-refractivity contribution in [2.24, 2.45) is 0 Å². The maximum absolute atomic E-state index is 12.9. The van der Waals surface area contributed by atoms with E-state index in [2.05, 4.69) is 9.97 Å². The molecule has 0 bridgehead atoms. The molecule has 8 heteroatoms. The first-order valence-electron chi connectivity index (χ1n) is 6.53. The molecule has 0 unspecified atom stereocenters. The molecule has 0 radical (unpaired) electrons. The van der Waals surface area contributed by atoms with E-state index in [9.17, 15) is 17.6 Å². The lowest BCUT2D eigenvalue weighted by molar-refractivity contribution is 0.0652. The van der Waals surface area contributed by atoms with Gasteiger partial charge in [-0.3, -0.25) is 9.78 Å². The molecule has 1 aliphatic rings. The molecule has 6 nitrogen and oxygen atoms in total. The second-order valence-electron chi connectivity index (χ2n) is 4.92. The summed E-state index contributed by atoms with van der Waals surface area (Å²) < 4.78 is 37.6. The van der Waals surface area contributed by atoms with Gasteiger partial charge in [-0.25, -0.2) is 17.8 Å². The molecular weight excluding hydrogens is 309 g/mol. The summed E-state index contributed by atoms with van der Waals surface area (Å²) >= 11 is 0. The number of likely N-dealkylation sites (tertiary alicyclic amines) is 1. The van der Waals surface area contributed by atoms with Crippen LogP contribution in [0.5, 0.6) is 0 Å². The van der Waals surface area contributed by atoms with E-state index in [4.69, 9.17) is 0 Å². The number of rotatable bonds is 3. The largest absolute Gasteiger partial charge is 0.334 e. The van der Waals surface area contributed by atoms with Crippen LogP contribution in [-0.2, 0) is 9.84 Å². The fourth-order valence-electron chi connectivity index (χ4n) is 2.19. The van der Waals surface area contributed by atoms with Crippen molar-refractivity contribution in [3.05, 3.63) is 54.4 Å². The van der Waals surface area contributed by atoms with Gasteiger partial charge in [-0.15, -0.1) is 0 Å². The zero-order valence-corrected chi connectivity index (χ0v) is 12.2. The average Bonchev–Trinajstić information content (AvgIpc) is 2.46. The molecule has 2 heterocycles. The smallest absolute Gasteiger partial charge is 0.274 e. The van der Waals surface area contributed by atoms with Gasteiger partial charge in [0.25, 0.3) is 5.91 Å². The fourth-order valence-corrected chi connectivity index (χ4v) is 3.84. The molecule has 22 heavy (non-hydrogen) atoms. The lowest BCUT2D eigenvalue weighted by Gasteiger charge is -2.38. The number of benzene rings is 1. The van der Waals surface area contributed by atoms with Gasteiger partial charge in [0, 0.05) is 25.5 Å². The summed E-state index contributed by atoms with van der Waals surface area (Å²) in [6, 6.07) is 4.68. The van der Waals surface area contributed by atoms with Crippen molar-refractivity contribution < 1.29 is 17.6 Å². The van der Waals surface area contributed by atoms with Crippen LogP contribution in [0.25, 0.3) is 0 Å². The standard InChI is InChI=1S/C14H12FN3O3S/c15-10-1-3-11(4-2-10)22(20,21)12-8-18(9-12)14(19)13-7-16-5-6-17-13/h1-7,12H,8-9H2. The number of amides is 1. The van der Waals surface area contributed by atoms with Gasteiger partial charge in [-0.05, 0) is 24.3 Å². The maximum atomic E-state index is 12.9. The van der Waals surface area contributed by atoms with Crippen LogP contribution >= 0.6 is 0 Å². The molecule has 2 aromatic rings. The van der Waals surface area contributed by atoms with Crippen molar-refractivity contribution in [1.82, 2.24) is 14.9 Å². The molecule has 1 amide bonds. The van der Waals surface area contributed by atoms with Gasteiger partial charge in [-0.2, -0.15) is 0 Å². The summed E-state index contributed by atoms with van der Waals surface area (Å²) in [6.07, 6.45) is 4.19. The van der Waals surface area contributed by atoms with Gasteiger partial charge >= 0.3 is 0 Å². The number of aromatic nitrogens is 2. The second-order valence-corrected chi connectivity index (χ2v) is 7.15. The first-order chi connectivity index (χ1) is 10.5. The van der Waals surface area contributed by atoms with E-state index in [-0.39, 0.29) is 29.6 Å². The van der Waals surface area contributed by atoms with E-state index in [1.54, 1.807) is 0 Å². The monoisotopic (exact) mass is 321 g/mol. The highest BCUT2D eigenvalue weighted by Gasteiger charge is 2.41. The highest BCUT2D eigenvalue weighted by atomic mass is 32.2. The average molecular weight is 321 g/mol. The number of carbonyl (C=O) groups excluding carboxylic acids is 1. The molecule has 1 aromatic heterocycles. The lowest BCUT2D eigenvalue weighted by Crippen LogP contribution is -2.57. The van der Waals surface area contributed by atoms with Crippen LogP contribution in [-0.4, -0.2) is 47.5 Å². The molecule has 0 N–H and O–H groups in total. The molecule has 1 fully saturated rings. The van der Waals surface area contributed by atoms with Gasteiger partial charge < -0.3 is 4.90 Å². The molecule has 3 rings (SSSR count). The van der Waals surface area contributed by atoms with E-state index in [1.165, 1.54) is 35.6 Å². The summed E-state index contributed by atoms with van der Waals surface area (Å²) in [5, 5.41) is -0.682. The summed E-state index contributed by atoms with van der Waals surface area (Å²) in [5.74, 6) is -0.842. The highest BCUT2D eigenvalue weighted by molar-refractivity contribution is 7.92. The van der Waals surface area contributed by atoms with Crippen LogP contribution in [0.3, 0.4) is 0 Å². The summed E-state index contributed by atoms with van der Waals surface area (Å²) in [7, 11) is -3.56. The molecule has 1 saturated heterocycles. The molecule has 0 spiro atoms. The van der Waals surface area contributed by atoms with Gasteiger partial charge in [0.05, 0.1) is 11.1 Å². The maximum Gasteiger partial charge on any atom is 0.274 e. The minimum absolute atomic E-state index is 0.0606. The topological polar surface area (TPSA) is 80.2 Å². The Labute approximate surface area is 126 Å². The number of carbonyl (C=O) groups is 1. The van der Waals surface area contributed by atoms with Crippen molar-refractivity contribution in [2.75, 3.05) is 13.1 Å². The third kappa shape index (κ3) is 2.57. The zero-order valence-electron chi connectivity index (χ0n) is 11.4. The Bertz CT molecular complexity index is 788. The molecule has 1 aliphatic heterocycles. The van der Waals surface area contributed by atoms with Crippen molar-refractivity contribution in [1.29, 1.82) is 0 Å². The van der Waals surface area contributed by atoms with E-state index < -0.39 is 20.9 Å². The molecular formula is C14H12FN3O3S. The first kappa shape index (κ1) is 14.6. The van der Waals surface area contributed by atoms with Crippen molar-refractivity contribution in [2.45, 2.75) is 10.1 Å². The SMILES string of the molecule is O=C(c1cnccn1)N1CC(S(=O)(=O)c2ccc(F)cc2)C1. The number of hydrogen-bond acceptors (Lipinski definition) is 5. The lowest BCUT2D eigenvalue weighted by atomic mass is 10.2. The molecule has 114 valence electrons. The second kappa shape index (κ2) is 5.45. The van der Waals surface area contributed by atoms with Crippen LogP contribution in [0.4, 0.5) is 4.39 Å². The van der Waals surface area contributed by atoms with Gasteiger partial charge in [0.2, 0.25) is 0 Å². The van der Waals surface area contributed by atoms with Crippen molar-refractivity contribution in [3.63, 3.8) is 0 Å². The minimum Gasteiger partial charge on any atom is -0.334 e. The van der Waals surface area contributed by atoms with Crippen LogP contribution < -0.4 is 0 Å². The van der Waals surface area contributed by atoms with Crippen LogP contribution in [0.2, 0.25) is 0 Å². The van der Waals surface area contributed by atoms with Gasteiger partial charge in [0.15, 0.2) is 9.84 Å². The van der Waals surface area contributed by atoms with Crippen molar-refractivity contribution >= 4 is 15.7 Å². The Balaban J connectivity index is 1.70. The van der Waals surface area contributed by atoms with Crippen LogP contribution in [0.15, 0.2) is 47.8 Å². The predicted octanol–water partition coefficient (Wildman–Crippen LogP) is 0.914. The van der Waals surface area contributed by atoms with E-state index >= 15 is 0 Å². The summed E-state index contributed by atoms with van der Waals surface area (Å²) in [4.78, 5) is 21.2.